The van der Waals surface area contributed by atoms with E-state index in [4.69, 9.17) is 4.74 Å². The van der Waals surface area contributed by atoms with Crippen molar-refractivity contribution in [1.29, 1.82) is 0 Å². The minimum atomic E-state index is -1.70. The highest BCUT2D eigenvalue weighted by Gasteiger charge is 2.19. The molecule has 30 heavy (non-hydrogen) atoms. The highest BCUT2D eigenvalue weighted by atomic mass is 32.2. The van der Waals surface area contributed by atoms with Crippen molar-refractivity contribution in [1.82, 2.24) is 10.3 Å². The summed E-state index contributed by atoms with van der Waals surface area (Å²) in [7, 11) is 0. The van der Waals surface area contributed by atoms with Crippen LogP contribution in [0.5, 0.6) is 0 Å². The maximum atomic E-state index is 13.6. The van der Waals surface area contributed by atoms with Gasteiger partial charge in [-0.3, -0.25) is 14.4 Å². The minimum Gasteiger partial charge on any atom is -0.466 e. The van der Waals surface area contributed by atoms with Gasteiger partial charge in [-0.25, -0.2) is 18.2 Å². The third-order valence-electron chi connectivity index (χ3n) is 3.54. The van der Waals surface area contributed by atoms with Gasteiger partial charge in [0.25, 0.3) is 0 Å². The molecular weight excluding hydrogens is 443 g/mol. The summed E-state index contributed by atoms with van der Waals surface area (Å²) in [5.41, 5.74) is -0.00557. The number of thiazole rings is 1. The Labute approximate surface area is 178 Å². The number of hydrogen-bond acceptors (Lipinski definition) is 7. The number of anilines is 1. The Kier molecular flexibility index (Phi) is 8.66. The summed E-state index contributed by atoms with van der Waals surface area (Å²) in [5, 5.41) is 5.50. The van der Waals surface area contributed by atoms with Crippen LogP contribution in [0.3, 0.4) is 0 Å². The van der Waals surface area contributed by atoms with Crippen LogP contribution in [0.1, 0.15) is 19.5 Å². The first-order chi connectivity index (χ1) is 14.2. The van der Waals surface area contributed by atoms with E-state index in [1.54, 1.807) is 19.2 Å². The number of benzene rings is 1. The SMILES string of the molecule is CCOC(=O)Cc1csc(S[C@@H](C)C(=O)NCC(=O)Nc2ccc(F)c(F)c2F)n1. The monoisotopic (exact) mass is 461 g/mol. The van der Waals surface area contributed by atoms with Crippen LogP contribution in [0.25, 0.3) is 0 Å². The third kappa shape index (κ3) is 6.73. The molecule has 7 nitrogen and oxygen atoms in total. The molecule has 2 aromatic rings. The second-order valence-electron chi connectivity index (χ2n) is 5.84. The number of aromatic nitrogens is 1. The number of thioether (sulfide) groups is 1. The number of carbonyl (C=O) groups excluding carboxylic acids is 3. The van der Waals surface area contributed by atoms with Crippen molar-refractivity contribution >= 4 is 46.6 Å². The van der Waals surface area contributed by atoms with E-state index >= 15 is 0 Å². The van der Waals surface area contributed by atoms with E-state index in [0.29, 0.717) is 16.1 Å². The van der Waals surface area contributed by atoms with Crippen LogP contribution in [0.15, 0.2) is 21.9 Å². The van der Waals surface area contributed by atoms with E-state index in [-0.39, 0.29) is 13.0 Å². The highest BCUT2D eigenvalue weighted by molar-refractivity contribution is 8.02. The average Bonchev–Trinajstić information content (AvgIpc) is 3.13. The number of ether oxygens (including phenoxy) is 1. The predicted octanol–water partition coefficient (Wildman–Crippen LogP) is 2.90. The van der Waals surface area contributed by atoms with Crippen molar-refractivity contribution in [3.63, 3.8) is 0 Å². The van der Waals surface area contributed by atoms with E-state index in [0.717, 1.165) is 17.8 Å². The second-order valence-corrected chi connectivity index (χ2v) is 8.28. The first kappa shape index (κ1) is 23.7. The highest BCUT2D eigenvalue weighted by Crippen LogP contribution is 2.27. The lowest BCUT2D eigenvalue weighted by molar-refractivity contribution is -0.142. The first-order valence-corrected chi connectivity index (χ1v) is 10.4. The number of nitrogens with zero attached hydrogens (tertiary/aromatic N) is 1. The molecular formula is C18H18F3N3O4S2. The average molecular weight is 461 g/mol. The molecule has 1 heterocycles. The Hall–Kier alpha value is -2.60. The van der Waals surface area contributed by atoms with Crippen LogP contribution in [-0.2, 0) is 25.5 Å². The summed E-state index contributed by atoms with van der Waals surface area (Å²) >= 11 is 2.40. The Balaban J connectivity index is 1.82. The van der Waals surface area contributed by atoms with Crippen molar-refractivity contribution < 1.29 is 32.3 Å². The molecule has 2 amide bonds. The van der Waals surface area contributed by atoms with Crippen LogP contribution in [0, 0.1) is 17.5 Å². The molecule has 0 bridgehead atoms. The lowest BCUT2D eigenvalue weighted by Gasteiger charge is -2.11. The van der Waals surface area contributed by atoms with Crippen molar-refractivity contribution in [2.24, 2.45) is 0 Å². The van der Waals surface area contributed by atoms with Gasteiger partial charge >= 0.3 is 5.97 Å². The molecule has 0 aliphatic heterocycles. The fourth-order valence-corrected chi connectivity index (χ4v) is 4.12. The number of esters is 1. The maximum Gasteiger partial charge on any atom is 0.311 e. The van der Waals surface area contributed by atoms with Gasteiger partial charge < -0.3 is 15.4 Å². The number of nitrogens with one attached hydrogen (secondary N) is 2. The molecule has 0 aliphatic rings. The number of amides is 2. The molecule has 0 fully saturated rings. The molecule has 1 aromatic carbocycles. The van der Waals surface area contributed by atoms with Gasteiger partial charge in [0.2, 0.25) is 11.8 Å². The molecule has 162 valence electrons. The van der Waals surface area contributed by atoms with Crippen LogP contribution in [-0.4, -0.2) is 41.2 Å². The second kappa shape index (κ2) is 11.0. The summed E-state index contributed by atoms with van der Waals surface area (Å²) in [6.45, 7) is 3.08. The molecule has 2 N–H and O–H groups in total. The smallest absolute Gasteiger partial charge is 0.311 e. The summed E-state index contributed by atoms with van der Waals surface area (Å²) in [5.74, 6) is -6.29. The van der Waals surface area contributed by atoms with Crippen molar-refractivity contribution in [3.8, 4) is 0 Å². The Bertz CT molecular complexity index is 939. The molecule has 2 rings (SSSR count). The number of carbonyl (C=O) groups is 3. The minimum absolute atomic E-state index is 0.0339. The van der Waals surface area contributed by atoms with Crippen molar-refractivity contribution in [3.05, 3.63) is 40.7 Å². The summed E-state index contributed by atoms with van der Waals surface area (Å²) in [6.07, 6.45) is 0.0339. The molecule has 0 saturated heterocycles. The normalized spacial score (nSPS) is 11.6. The Morgan fingerprint density at radius 1 is 1.23 bits per heavy atom. The third-order valence-corrected chi connectivity index (χ3v) is 5.66. The van der Waals surface area contributed by atoms with Crippen molar-refractivity contribution in [2.75, 3.05) is 18.5 Å². The molecule has 0 spiro atoms. The van der Waals surface area contributed by atoms with E-state index in [1.165, 1.54) is 11.3 Å². The molecule has 1 aromatic heterocycles. The summed E-state index contributed by atoms with van der Waals surface area (Å²) < 4.78 is 45.0. The van der Waals surface area contributed by atoms with Gasteiger partial charge in [-0.05, 0) is 26.0 Å². The zero-order chi connectivity index (χ0) is 22.3. The molecule has 1 atom stereocenters. The summed E-state index contributed by atoms with van der Waals surface area (Å²) in [4.78, 5) is 39.7. The van der Waals surface area contributed by atoms with Gasteiger partial charge in [0.05, 0.1) is 36.2 Å². The largest absolute Gasteiger partial charge is 0.466 e. The quantitative estimate of drug-likeness (QED) is 0.339. The molecule has 12 heteroatoms. The molecule has 0 saturated carbocycles. The fourth-order valence-electron chi connectivity index (χ4n) is 2.12. The number of halogens is 3. The Morgan fingerprint density at radius 3 is 2.67 bits per heavy atom. The maximum absolute atomic E-state index is 13.6. The molecule has 0 unspecified atom stereocenters. The van der Waals surface area contributed by atoms with Crippen LogP contribution in [0.4, 0.5) is 18.9 Å². The van der Waals surface area contributed by atoms with Gasteiger partial charge in [0.15, 0.2) is 21.8 Å². The van der Waals surface area contributed by atoms with Gasteiger partial charge in [-0.2, -0.15) is 0 Å². The van der Waals surface area contributed by atoms with E-state index in [2.05, 4.69) is 15.6 Å². The number of rotatable bonds is 9. The summed E-state index contributed by atoms with van der Waals surface area (Å²) in [6, 6.07) is 1.55. The lowest BCUT2D eigenvalue weighted by atomic mass is 10.2. The standard InChI is InChI=1S/C18H18F3N3O4S2/c1-3-28-14(26)6-10-8-29-18(23-10)30-9(2)17(27)22-7-13(25)24-12-5-4-11(19)15(20)16(12)21/h4-5,8-9H,3,6-7H2,1-2H3,(H,22,27)(H,24,25)/t9-/m0/s1. The Morgan fingerprint density at radius 2 is 1.97 bits per heavy atom. The fraction of sp³-hybridized carbons (Fsp3) is 0.333. The zero-order valence-corrected chi connectivity index (χ0v) is 17.6. The van der Waals surface area contributed by atoms with Crippen molar-refractivity contribution in [2.45, 2.75) is 29.9 Å². The van der Waals surface area contributed by atoms with Gasteiger partial charge in [0, 0.05) is 5.38 Å². The topological polar surface area (TPSA) is 97.4 Å². The molecule has 0 radical (unpaired) electrons. The molecule has 0 aliphatic carbocycles. The van der Waals surface area contributed by atoms with Gasteiger partial charge in [0.1, 0.15) is 0 Å². The zero-order valence-electron chi connectivity index (χ0n) is 16.0. The van der Waals surface area contributed by atoms with Crippen LogP contribution < -0.4 is 10.6 Å². The first-order valence-electron chi connectivity index (χ1n) is 8.69. The van der Waals surface area contributed by atoms with Gasteiger partial charge in [-0.1, -0.05) is 11.8 Å². The lowest BCUT2D eigenvalue weighted by Crippen LogP contribution is -2.37. The van der Waals surface area contributed by atoms with Crippen LogP contribution >= 0.6 is 23.1 Å². The number of hydrogen-bond donors (Lipinski definition) is 2. The van der Waals surface area contributed by atoms with E-state index in [1.807, 2.05) is 0 Å². The predicted molar refractivity (Wildman–Crippen MR) is 106 cm³/mol. The van der Waals surface area contributed by atoms with Gasteiger partial charge in [-0.15, -0.1) is 11.3 Å². The van der Waals surface area contributed by atoms with E-state index in [9.17, 15) is 27.6 Å². The van der Waals surface area contributed by atoms with E-state index < -0.39 is 52.7 Å². The van der Waals surface area contributed by atoms with Crippen LogP contribution in [0.2, 0.25) is 0 Å².